The SMILES string of the molecule is CCC(C)NCC(=O)c1ccnn1CC. The lowest BCUT2D eigenvalue weighted by atomic mass is 10.2. The van der Waals surface area contributed by atoms with Crippen LogP contribution in [-0.4, -0.2) is 28.2 Å². The van der Waals surface area contributed by atoms with Gasteiger partial charge in [-0.15, -0.1) is 0 Å². The first kappa shape index (κ1) is 11.9. The number of hydrogen-bond donors (Lipinski definition) is 1. The van der Waals surface area contributed by atoms with Crippen molar-refractivity contribution in [1.29, 1.82) is 0 Å². The van der Waals surface area contributed by atoms with Crippen molar-refractivity contribution in [3.63, 3.8) is 0 Å². The third kappa shape index (κ3) is 3.16. The number of aromatic nitrogens is 2. The van der Waals surface area contributed by atoms with Crippen LogP contribution in [0.1, 0.15) is 37.7 Å². The van der Waals surface area contributed by atoms with Gasteiger partial charge in [0, 0.05) is 18.8 Å². The van der Waals surface area contributed by atoms with Crippen LogP contribution in [0.3, 0.4) is 0 Å². The number of carbonyl (C=O) groups excluding carboxylic acids is 1. The highest BCUT2D eigenvalue weighted by atomic mass is 16.1. The first-order valence-corrected chi connectivity index (χ1v) is 5.47. The zero-order valence-electron chi connectivity index (χ0n) is 9.66. The van der Waals surface area contributed by atoms with Gasteiger partial charge in [-0.05, 0) is 26.3 Å². The van der Waals surface area contributed by atoms with Crippen LogP contribution < -0.4 is 5.32 Å². The molecule has 0 aliphatic heterocycles. The highest BCUT2D eigenvalue weighted by Gasteiger charge is 2.11. The predicted octanol–water partition coefficient (Wildman–Crippen LogP) is 1.47. The smallest absolute Gasteiger partial charge is 0.194 e. The van der Waals surface area contributed by atoms with Gasteiger partial charge >= 0.3 is 0 Å². The van der Waals surface area contributed by atoms with Crippen molar-refractivity contribution in [2.24, 2.45) is 0 Å². The molecule has 0 radical (unpaired) electrons. The predicted molar refractivity (Wildman–Crippen MR) is 60.0 cm³/mol. The first-order chi connectivity index (χ1) is 7.19. The summed E-state index contributed by atoms with van der Waals surface area (Å²) in [4.78, 5) is 11.8. The molecule has 1 unspecified atom stereocenters. The van der Waals surface area contributed by atoms with Gasteiger partial charge in [0.2, 0.25) is 0 Å². The van der Waals surface area contributed by atoms with Crippen molar-refractivity contribution >= 4 is 5.78 Å². The van der Waals surface area contributed by atoms with Crippen molar-refractivity contribution in [3.8, 4) is 0 Å². The lowest BCUT2D eigenvalue weighted by molar-refractivity contribution is 0.0977. The van der Waals surface area contributed by atoms with Gasteiger partial charge in [-0.1, -0.05) is 6.92 Å². The Balaban J connectivity index is 2.54. The molecule has 1 aromatic rings. The highest BCUT2D eigenvalue weighted by molar-refractivity contribution is 5.96. The number of nitrogens with one attached hydrogen (secondary N) is 1. The summed E-state index contributed by atoms with van der Waals surface area (Å²) < 4.78 is 1.72. The number of carbonyl (C=O) groups is 1. The maximum atomic E-state index is 11.8. The molecule has 4 nitrogen and oxygen atoms in total. The summed E-state index contributed by atoms with van der Waals surface area (Å²) in [5.74, 6) is 0.106. The van der Waals surface area contributed by atoms with Crippen LogP contribution in [0.15, 0.2) is 12.3 Å². The molecule has 0 fully saturated rings. The lowest BCUT2D eigenvalue weighted by Crippen LogP contribution is -2.31. The van der Waals surface area contributed by atoms with Crippen molar-refractivity contribution in [3.05, 3.63) is 18.0 Å². The molecule has 0 saturated carbocycles. The number of ketones is 1. The summed E-state index contributed by atoms with van der Waals surface area (Å²) in [6, 6.07) is 2.15. The zero-order chi connectivity index (χ0) is 11.3. The molecular weight excluding hydrogens is 190 g/mol. The average Bonchev–Trinajstić information content (AvgIpc) is 2.73. The number of hydrogen-bond acceptors (Lipinski definition) is 3. The Kier molecular flexibility index (Phi) is 4.49. The molecule has 1 N–H and O–H groups in total. The topological polar surface area (TPSA) is 46.9 Å². The molecule has 0 bridgehead atoms. The van der Waals surface area contributed by atoms with Crippen molar-refractivity contribution in [1.82, 2.24) is 15.1 Å². The fourth-order valence-corrected chi connectivity index (χ4v) is 1.32. The Morgan fingerprint density at radius 3 is 2.93 bits per heavy atom. The van der Waals surface area contributed by atoms with Crippen molar-refractivity contribution < 1.29 is 4.79 Å². The first-order valence-electron chi connectivity index (χ1n) is 5.47. The largest absolute Gasteiger partial charge is 0.307 e. The molecule has 0 amide bonds. The van der Waals surface area contributed by atoms with Crippen LogP contribution in [-0.2, 0) is 6.54 Å². The lowest BCUT2D eigenvalue weighted by Gasteiger charge is -2.10. The standard InChI is InChI=1S/C11H19N3O/c1-4-9(3)12-8-11(15)10-6-7-13-14(10)5-2/h6-7,9,12H,4-5,8H2,1-3H3. The van der Waals surface area contributed by atoms with Crippen LogP contribution >= 0.6 is 0 Å². The maximum absolute atomic E-state index is 11.8. The van der Waals surface area contributed by atoms with Crippen LogP contribution in [0.5, 0.6) is 0 Å². The Bertz CT molecular complexity index is 319. The third-order valence-corrected chi connectivity index (χ3v) is 2.53. The number of aryl methyl sites for hydroxylation is 1. The molecule has 15 heavy (non-hydrogen) atoms. The number of nitrogens with zero attached hydrogens (tertiary/aromatic N) is 2. The van der Waals surface area contributed by atoms with E-state index in [2.05, 4.69) is 24.3 Å². The van der Waals surface area contributed by atoms with Gasteiger partial charge in [-0.3, -0.25) is 9.48 Å². The van der Waals surface area contributed by atoms with E-state index >= 15 is 0 Å². The van der Waals surface area contributed by atoms with E-state index in [-0.39, 0.29) is 5.78 Å². The van der Waals surface area contributed by atoms with Gasteiger partial charge in [-0.25, -0.2) is 0 Å². The van der Waals surface area contributed by atoms with Crippen LogP contribution in [0, 0.1) is 0 Å². The molecule has 0 aliphatic carbocycles. The molecule has 1 atom stereocenters. The third-order valence-electron chi connectivity index (χ3n) is 2.53. The minimum atomic E-state index is 0.106. The van der Waals surface area contributed by atoms with E-state index in [1.165, 1.54) is 0 Å². The summed E-state index contributed by atoms with van der Waals surface area (Å²) in [5.41, 5.74) is 0.688. The molecule has 0 saturated heterocycles. The normalized spacial score (nSPS) is 12.7. The minimum Gasteiger partial charge on any atom is -0.307 e. The van der Waals surface area contributed by atoms with E-state index < -0.39 is 0 Å². The quantitative estimate of drug-likeness (QED) is 0.722. The van der Waals surface area contributed by atoms with Crippen LogP contribution in [0.2, 0.25) is 0 Å². The molecule has 0 aliphatic rings. The molecule has 84 valence electrons. The summed E-state index contributed by atoms with van der Waals surface area (Å²) in [6.07, 6.45) is 2.69. The summed E-state index contributed by atoms with van der Waals surface area (Å²) >= 11 is 0. The Labute approximate surface area is 90.7 Å². The minimum absolute atomic E-state index is 0.106. The molecule has 0 spiro atoms. The zero-order valence-corrected chi connectivity index (χ0v) is 9.66. The number of rotatable bonds is 6. The van der Waals surface area contributed by atoms with Gasteiger partial charge in [0.1, 0.15) is 5.69 Å². The van der Waals surface area contributed by atoms with Crippen LogP contribution in [0.4, 0.5) is 0 Å². The van der Waals surface area contributed by atoms with E-state index in [0.717, 1.165) is 13.0 Å². The second kappa shape index (κ2) is 5.66. The monoisotopic (exact) mass is 209 g/mol. The Morgan fingerprint density at radius 1 is 1.60 bits per heavy atom. The molecule has 1 heterocycles. The van der Waals surface area contributed by atoms with Gasteiger partial charge in [0.05, 0.1) is 6.54 Å². The van der Waals surface area contributed by atoms with Gasteiger partial charge in [0.15, 0.2) is 5.78 Å². The highest BCUT2D eigenvalue weighted by Crippen LogP contribution is 2.00. The van der Waals surface area contributed by atoms with E-state index in [1.807, 2.05) is 6.92 Å². The molecule has 0 aromatic carbocycles. The molecule has 4 heteroatoms. The second-order valence-corrected chi connectivity index (χ2v) is 3.65. The number of Topliss-reactive ketones (excluding diaryl/α,β-unsaturated/α-hetero) is 1. The van der Waals surface area contributed by atoms with Gasteiger partial charge in [-0.2, -0.15) is 5.10 Å². The average molecular weight is 209 g/mol. The van der Waals surface area contributed by atoms with Crippen molar-refractivity contribution in [2.45, 2.75) is 39.8 Å². The summed E-state index contributed by atoms with van der Waals surface area (Å²) in [5, 5.41) is 7.25. The molecule has 1 aromatic heterocycles. The van der Waals surface area contributed by atoms with E-state index in [9.17, 15) is 4.79 Å². The fourth-order valence-electron chi connectivity index (χ4n) is 1.32. The van der Waals surface area contributed by atoms with E-state index in [4.69, 9.17) is 0 Å². The molecule has 1 rings (SSSR count). The summed E-state index contributed by atoms with van der Waals surface area (Å²) in [6.45, 7) is 7.27. The van der Waals surface area contributed by atoms with Crippen molar-refractivity contribution in [2.75, 3.05) is 6.54 Å². The molecular formula is C11H19N3O. The van der Waals surface area contributed by atoms with E-state index in [1.54, 1.807) is 16.9 Å². The summed E-state index contributed by atoms with van der Waals surface area (Å²) in [7, 11) is 0. The second-order valence-electron chi connectivity index (χ2n) is 3.65. The Morgan fingerprint density at radius 2 is 2.33 bits per heavy atom. The maximum Gasteiger partial charge on any atom is 0.194 e. The van der Waals surface area contributed by atoms with E-state index in [0.29, 0.717) is 18.3 Å². The van der Waals surface area contributed by atoms with Gasteiger partial charge in [0.25, 0.3) is 0 Å². The fraction of sp³-hybridized carbons (Fsp3) is 0.636. The van der Waals surface area contributed by atoms with Gasteiger partial charge < -0.3 is 5.32 Å². The Hall–Kier alpha value is -1.16. The van der Waals surface area contributed by atoms with Crippen LogP contribution in [0.25, 0.3) is 0 Å².